The molecule has 8 heteroatoms. The number of halogens is 1. The average Bonchev–Trinajstić information content (AvgIpc) is 3.01. The van der Waals surface area contributed by atoms with Crippen molar-refractivity contribution < 1.29 is 13.2 Å². The molecule has 1 aliphatic carbocycles. The summed E-state index contributed by atoms with van der Waals surface area (Å²) >= 11 is 0. The molecule has 1 heterocycles. The Morgan fingerprint density at radius 2 is 1.67 bits per heavy atom. The number of piperazine rings is 1. The molecule has 3 rings (SSSR count). The Morgan fingerprint density at radius 3 is 2.21 bits per heavy atom. The summed E-state index contributed by atoms with van der Waals surface area (Å²) in [5.41, 5.74) is 5.88. The van der Waals surface area contributed by atoms with E-state index in [0.717, 1.165) is 19.3 Å². The van der Waals surface area contributed by atoms with Crippen molar-refractivity contribution in [2.24, 2.45) is 11.7 Å². The fourth-order valence-corrected chi connectivity index (χ4v) is 4.83. The third-order valence-electron chi connectivity index (χ3n) is 4.75. The minimum Gasteiger partial charge on any atom is -0.340 e. The molecule has 134 valence electrons. The summed E-state index contributed by atoms with van der Waals surface area (Å²) < 4.78 is 26.6. The lowest BCUT2D eigenvalue weighted by molar-refractivity contribution is -0.136. The van der Waals surface area contributed by atoms with E-state index in [1.807, 2.05) is 0 Å². The molecule has 0 aromatic heterocycles. The molecule has 2 atom stereocenters. The molecule has 6 nitrogen and oxygen atoms in total. The van der Waals surface area contributed by atoms with Crippen LogP contribution in [0.5, 0.6) is 0 Å². The van der Waals surface area contributed by atoms with Gasteiger partial charge in [-0.25, -0.2) is 8.42 Å². The molecular weight excluding hydrogens is 350 g/mol. The van der Waals surface area contributed by atoms with E-state index in [1.165, 1.54) is 4.31 Å². The standard InChI is InChI=1S/C16H23N3O3S.ClH/c17-14-7-6-13(12-14)16(20)18-8-10-19(11-9-18)23(21,22)15-4-2-1-3-5-15;/h1-5,13-14H,6-12,17H2;1H. The van der Waals surface area contributed by atoms with Gasteiger partial charge in [-0.3, -0.25) is 4.79 Å². The fourth-order valence-electron chi connectivity index (χ4n) is 3.39. The van der Waals surface area contributed by atoms with Gasteiger partial charge >= 0.3 is 0 Å². The lowest BCUT2D eigenvalue weighted by atomic mass is 10.1. The zero-order valence-corrected chi connectivity index (χ0v) is 15.1. The highest BCUT2D eigenvalue weighted by Gasteiger charge is 2.34. The minimum absolute atomic E-state index is 0. The quantitative estimate of drug-likeness (QED) is 0.858. The van der Waals surface area contributed by atoms with E-state index in [0.29, 0.717) is 31.1 Å². The Hall–Kier alpha value is -1.15. The minimum atomic E-state index is -3.46. The summed E-state index contributed by atoms with van der Waals surface area (Å²) in [6.45, 7) is 1.61. The molecule has 2 N–H and O–H groups in total. The van der Waals surface area contributed by atoms with Crippen molar-refractivity contribution in [3.63, 3.8) is 0 Å². The number of nitrogens with zero attached hydrogens (tertiary/aromatic N) is 2. The molecule has 0 spiro atoms. The van der Waals surface area contributed by atoms with E-state index in [1.54, 1.807) is 35.2 Å². The van der Waals surface area contributed by atoms with Gasteiger partial charge in [0.15, 0.2) is 0 Å². The second kappa shape index (κ2) is 7.82. The van der Waals surface area contributed by atoms with Gasteiger partial charge in [0, 0.05) is 38.1 Å². The number of amides is 1. The molecule has 1 saturated heterocycles. The van der Waals surface area contributed by atoms with Crippen molar-refractivity contribution in [1.82, 2.24) is 9.21 Å². The van der Waals surface area contributed by atoms with Gasteiger partial charge in [0.2, 0.25) is 15.9 Å². The number of nitrogens with two attached hydrogens (primary N) is 1. The average molecular weight is 374 g/mol. The summed E-state index contributed by atoms with van der Waals surface area (Å²) in [5.74, 6) is 0.150. The van der Waals surface area contributed by atoms with E-state index < -0.39 is 10.0 Å². The molecular formula is C16H24ClN3O3S. The first-order chi connectivity index (χ1) is 11.0. The SMILES string of the molecule is Cl.NC1CCC(C(=O)N2CCN(S(=O)(=O)c3ccccc3)CC2)C1. The first-order valence-corrected chi connectivity index (χ1v) is 9.52. The largest absolute Gasteiger partial charge is 0.340 e. The maximum absolute atomic E-state index is 12.6. The van der Waals surface area contributed by atoms with E-state index in [2.05, 4.69) is 0 Å². The van der Waals surface area contributed by atoms with Gasteiger partial charge in [0.1, 0.15) is 0 Å². The van der Waals surface area contributed by atoms with Crippen molar-refractivity contribution in [3.8, 4) is 0 Å². The zero-order chi connectivity index (χ0) is 16.4. The van der Waals surface area contributed by atoms with Crippen molar-refractivity contribution in [1.29, 1.82) is 0 Å². The lowest BCUT2D eigenvalue weighted by Crippen LogP contribution is -2.51. The number of sulfonamides is 1. The summed E-state index contributed by atoms with van der Waals surface area (Å²) in [4.78, 5) is 14.6. The van der Waals surface area contributed by atoms with Gasteiger partial charge in [-0.2, -0.15) is 4.31 Å². The second-order valence-corrected chi connectivity index (χ2v) is 8.25. The van der Waals surface area contributed by atoms with Crippen molar-refractivity contribution in [3.05, 3.63) is 30.3 Å². The van der Waals surface area contributed by atoms with Crippen LogP contribution < -0.4 is 5.73 Å². The number of hydrogen-bond donors (Lipinski definition) is 1. The van der Waals surface area contributed by atoms with Crippen molar-refractivity contribution in [2.75, 3.05) is 26.2 Å². The Kier molecular flexibility index (Phi) is 6.25. The van der Waals surface area contributed by atoms with Crippen LogP contribution in [-0.4, -0.2) is 55.8 Å². The van der Waals surface area contributed by atoms with Gasteiger partial charge in [0.05, 0.1) is 4.90 Å². The predicted octanol–water partition coefficient (Wildman–Crippen LogP) is 1.07. The summed E-state index contributed by atoms with van der Waals surface area (Å²) in [5, 5.41) is 0. The normalized spacial score (nSPS) is 25.3. The highest BCUT2D eigenvalue weighted by molar-refractivity contribution is 7.89. The summed E-state index contributed by atoms with van der Waals surface area (Å²) in [6, 6.07) is 8.57. The number of rotatable bonds is 3. The first kappa shape index (κ1) is 19.2. The first-order valence-electron chi connectivity index (χ1n) is 8.08. The maximum Gasteiger partial charge on any atom is 0.243 e. The van der Waals surface area contributed by atoms with Crippen LogP contribution >= 0.6 is 12.4 Å². The van der Waals surface area contributed by atoms with Gasteiger partial charge in [-0.15, -0.1) is 12.4 Å². The van der Waals surface area contributed by atoms with Gasteiger partial charge < -0.3 is 10.6 Å². The molecule has 0 radical (unpaired) electrons. The van der Waals surface area contributed by atoms with E-state index in [-0.39, 0.29) is 30.3 Å². The Morgan fingerprint density at radius 1 is 1.04 bits per heavy atom. The van der Waals surface area contributed by atoms with Crippen molar-refractivity contribution in [2.45, 2.75) is 30.2 Å². The number of benzene rings is 1. The summed E-state index contributed by atoms with van der Waals surface area (Å²) in [7, 11) is -3.46. The molecule has 2 aliphatic rings. The monoisotopic (exact) mass is 373 g/mol. The van der Waals surface area contributed by atoms with E-state index >= 15 is 0 Å². The molecule has 1 aliphatic heterocycles. The van der Waals surface area contributed by atoms with Gasteiger partial charge in [-0.1, -0.05) is 18.2 Å². The van der Waals surface area contributed by atoms with Gasteiger partial charge in [-0.05, 0) is 31.4 Å². The van der Waals surface area contributed by atoms with Crippen LogP contribution in [0.25, 0.3) is 0 Å². The molecule has 24 heavy (non-hydrogen) atoms. The molecule has 1 amide bonds. The van der Waals surface area contributed by atoms with Crippen LogP contribution in [0.4, 0.5) is 0 Å². The van der Waals surface area contributed by atoms with E-state index in [4.69, 9.17) is 5.73 Å². The summed E-state index contributed by atoms with van der Waals surface area (Å²) in [6.07, 6.45) is 2.50. The third-order valence-corrected chi connectivity index (χ3v) is 6.67. The molecule has 1 saturated carbocycles. The fraction of sp³-hybridized carbons (Fsp3) is 0.562. The number of carbonyl (C=O) groups excluding carboxylic acids is 1. The molecule has 1 aromatic carbocycles. The number of hydrogen-bond acceptors (Lipinski definition) is 4. The molecule has 1 aromatic rings. The topological polar surface area (TPSA) is 83.7 Å². The van der Waals surface area contributed by atoms with E-state index in [9.17, 15) is 13.2 Å². The highest BCUT2D eigenvalue weighted by Crippen LogP contribution is 2.27. The zero-order valence-electron chi connectivity index (χ0n) is 13.5. The van der Waals surface area contributed by atoms with Crippen LogP contribution in [0, 0.1) is 5.92 Å². The van der Waals surface area contributed by atoms with Crippen LogP contribution in [-0.2, 0) is 14.8 Å². The Balaban J connectivity index is 0.00000208. The second-order valence-electron chi connectivity index (χ2n) is 6.31. The van der Waals surface area contributed by atoms with Gasteiger partial charge in [0.25, 0.3) is 0 Å². The third kappa shape index (κ3) is 3.91. The maximum atomic E-state index is 12.6. The van der Waals surface area contributed by atoms with Crippen molar-refractivity contribution >= 4 is 28.3 Å². The van der Waals surface area contributed by atoms with Crippen LogP contribution in [0.2, 0.25) is 0 Å². The van der Waals surface area contributed by atoms with Crippen LogP contribution in [0.1, 0.15) is 19.3 Å². The Labute approximate surface area is 149 Å². The predicted molar refractivity (Wildman–Crippen MR) is 94.3 cm³/mol. The number of carbonyl (C=O) groups is 1. The Bertz CT molecular complexity index is 660. The highest BCUT2D eigenvalue weighted by atomic mass is 35.5. The van der Waals surface area contributed by atoms with Crippen LogP contribution in [0.3, 0.4) is 0 Å². The molecule has 0 bridgehead atoms. The molecule has 2 fully saturated rings. The smallest absolute Gasteiger partial charge is 0.243 e. The lowest BCUT2D eigenvalue weighted by Gasteiger charge is -2.35. The van der Waals surface area contributed by atoms with Crippen LogP contribution in [0.15, 0.2) is 35.2 Å². The molecule has 2 unspecified atom stereocenters.